The molecule has 1 aliphatic heterocycles. The first-order valence-corrected chi connectivity index (χ1v) is 12.5. The number of benzene rings is 3. The molecule has 5 nitrogen and oxygen atoms in total. The lowest BCUT2D eigenvalue weighted by Gasteiger charge is -2.33. The van der Waals surface area contributed by atoms with Crippen LogP contribution in [0.25, 0.3) is 0 Å². The Morgan fingerprint density at radius 1 is 1.11 bits per heavy atom. The second-order valence-corrected chi connectivity index (χ2v) is 9.45. The molecule has 0 radical (unpaired) electrons. The van der Waals surface area contributed by atoms with Gasteiger partial charge in [0, 0.05) is 11.5 Å². The SMILES string of the molecule is COc1cc(CCNCCCC2CC(c3ccc(C)c(C(=O)O)c3C)c3ccccc3O2)ccc1F. The van der Waals surface area contributed by atoms with Crippen molar-refractivity contribution in [2.75, 3.05) is 20.2 Å². The van der Waals surface area contributed by atoms with Gasteiger partial charge >= 0.3 is 5.97 Å². The molecule has 0 spiro atoms. The summed E-state index contributed by atoms with van der Waals surface area (Å²) < 4.78 is 25.0. The Bertz CT molecular complexity index is 1230. The average Bonchev–Trinajstić information content (AvgIpc) is 2.86. The van der Waals surface area contributed by atoms with Gasteiger partial charge in [-0.2, -0.15) is 0 Å². The summed E-state index contributed by atoms with van der Waals surface area (Å²) in [5, 5.41) is 13.2. The number of aromatic carboxylic acids is 1. The highest BCUT2D eigenvalue weighted by atomic mass is 19.1. The molecule has 0 aromatic heterocycles. The third kappa shape index (κ3) is 5.71. The lowest BCUT2D eigenvalue weighted by Crippen LogP contribution is -2.28. The summed E-state index contributed by atoms with van der Waals surface area (Å²) >= 11 is 0. The van der Waals surface area contributed by atoms with E-state index in [0.717, 1.165) is 72.3 Å². The molecule has 2 unspecified atom stereocenters. The number of halogens is 1. The van der Waals surface area contributed by atoms with Gasteiger partial charge in [0.05, 0.1) is 18.8 Å². The van der Waals surface area contributed by atoms with Crippen molar-refractivity contribution in [1.29, 1.82) is 0 Å². The Kier molecular flexibility index (Phi) is 8.26. The number of ether oxygens (including phenoxy) is 2. The molecule has 0 bridgehead atoms. The van der Waals surface area contributed by atoms with Crippen LogP contribution < -0.4 is 14.8 Å². The van der Waals surface area contributed by atoms with Crippen molar-refractivity contribution in [2.24, 2.45) is 0 Å². The molecule has 0 aliphatic carbocycles. The second-order valence-electron chi connectivity index (χ2n) is 9.45. The molecule has 3 aromatic carbocycles. The van der Waals surface area contributed by atoms with Gasteiger partial charge in [-0.3, -0.25) is 0 Å². The molecule has 1 aliphatic rings. The Morgan fingerprint density at radius 2 is 1.92 bits per heavy atom. The summed E-state index contributed by atoms with van der Waals surface area (Å²) in [5.41, 5.74) is 5.23. The van der Waals surface area contributed by atoms with Gasteiger partial charge in [-0.15, -0.1) is 0 Å². The number of para-hydroxylation sites is 1. The topological polar surface area (TPSA) is 67.8 Å². The van der Waals surface area contributed by atoms with Gasteiger partial charge in [0.15, 0.2) is 11.6 Å². The first-order chi connectivity index (χ1) is 17.4. The monoisotopic (exact) mass is 491 g/mol. The molecule has 0 fully saturated rings. The van der Waals surface area contributed by atoms with E-state index in [1.165, 1.54) is 13.2 Å². The minimum absolute atomic E-state index is 0.0574. The fourth-order valence-corrected chi connectivity index (χ4v) is 5.21. The Hall–Kier alpha value is -3.38. The van der Waals surface area contributed by atoms with Crippen LogP contribution >= 0.6 is 0 Å². The van der Waals surface area contributed by atoms with Crippen LogP contribution in [0.5, 0.6) is 11.5 Å². The number of methoxy groups -OCH3 is 1. The predicted molar refractivity (Wildman–Crippen MR) is 139 cm³/mol. The number of hydrogen-bond donors (Lipinski definition) is 2. The fraction of sp³-hybridized carbons (Fsp3) is 0.367. The molecule has 6 heteroatoms. The van der Waals surface area contributed by atoms with Gasteiger partial charge in [0.2, 0.25) is 0 Å². The van der Waals surface area contributed by atoms with Crippen LogP contribution in [0.4, 0.5) is 4.39 Å². The van der Waals surface area contributed by atoms with Crippen molar-refractivity contribution < 1.29 is 23.8 Å². The molecule has 1 heterocycles. The molecule has 190 valence electrons. The van der Waals surface area contributed by atoms with Gasteiger partial charge in [-0.25, -0.2) is 9.18 Å². The summed E-state index contributed by atoms with van der Waals surface area (Å²) in [6.07, 6.45) is 3.53. The van der Waals surface area contributed by atoms with Crippen molar-refractivity contribution in [2.45, 2.75) is 51.6 Å². The minimum Gasteiger partial charge on any atom is -0.494 e. The van der Waals surface area contributed by atoms with Crippen LogP contribution in [0.15, 0.2) is 54.6 Å². The third-order valence-electron chi connectivity index (χ3n) is 7.08. The van der Waals surface area contributed by atoms with Gasteiger partial charge in [0.1, 0.15) is 5.75 Å². The van der Waals surface area contributed by atoms with Gasteiger partial charge < -0.3 is 19.9 Å². The van der Waals surface area contributed by atoms with Gasteiger partial charge in [0.25, 0.3) is 0 Å². The highest BCUT2D eigenvalue weighted by Gasteiger charge is 2.31. The standard InChI is InChI=1S/C30H34FNO4/c1-19-10-12-23(20(2)29(19)30(33)34)25-18-22(36-27-9-5-4-8-24(25)27)7-6-15-32-16-14-21-11-13-26(31)28(17-21)35-3/h4-5,8-13,17,22,25,32H,6-7,14-16,18H2,1-3H3,(H,33,34). The minimum atomic E-state index is -0.881. The Balaban J connectivity index is 1.37. The van der Waals surface area contributed by atoms with Crippen LogP contribution in [0.1, 0.15) is 63.4 Å². The summed E-state index contributed by atoms with van der Waals surface area (Å²) in [6.45, 7) is 5.42. The number of rotatable bonds is 10. The molecular formula is C30H34FNO4. The van der Waals surface area contributed by atoms with Gasteiger partial charge in [-0.1, -0.05) is 36.4 Å². The quantitative estimate of drug-likeness (QED) is 0.338. The fourth-order valence-electron chi connectivity index (χ4n) is 5.21. The summed E-state index contributed by atoms with van der Waals surface area (Å²) in [4.78, 5) is 11.9. The Labute approximate surface area is 212 Å². The van der Waals surface area contributed by atoms with Crippen molar-refractivity contribution in [3.05, 3.63) is 93.8 Å². The molecule has 2 N–H and O–H groups in total. The maximum atomic E-state index is 13.6. The van der Waals surface area contributed by atoms with E-state index in [4.69, 9.17) is 9.47 Å². The van der Waals surface area contributed by atoms with E-state index in [-0.39, 0.29) is 23.6 Å². The summed E-state index contributed by atoms with van der Waals surface area (Å²) in [6, 6.07) is 17.0. The van der Waals surface area contributed by atoms with E-state index >= 15 is 0 Å². The van der Waals surface area contributed by atoms with E-state index < -0.39 is 5.97 Å². The zero-order chi connectivity index (χ0) is 25.7. The first kappa shape index (κ1) is 25.7. The smallest absolute Gasteiger partial charge is 0.336 e. The normalized spacial score (nSPS) is 16.8. The first-order valence-electron chi connectivity index (χ1n) is 12.5. The van der Waals surface area contributed by atoms with Crippen molar-refractivity contribution >= 4 is 5.97 Å². The number of carbonyl (C=O) groups is 1. The molecule has 4 rings (SSSR count). The zero-order valence-corrected chi connectivity index (χ0v) is 21.1. The van der Waals surface area contributed by atoms with E-state index in [9.17, 15) is 14.3 Å². The van der Waals surface area contributed by atoms with Crippen LogP contribution in [0.3, 0.4) is 0 Å². The predicted octanol–water partition coefficient (Wildman–Crippen LogP) is 6.04. The number of hydrogen-bond acceptors (Lipinski definition) is 4. The van der Waals surface area contributed by atoms with Crippen molar-refractivity contribution in [1.82, 2.24) is 5.32 Å². The van der Waals surface area contributed by atoms with Gasteiger partial charge in [-0.05, 0) is 93.1 Å². The molecule has 0 amide bonds. The molecule has 0 saturated carbocycles. The summed E-state index contributed by atoms with van der Waals surface area (Å²) in [7, 11) is 1.47. The highest BCUT2D eigenvalue weighted by Crippen LogP contribution is 2.43. The molecule has 2 atom stereocenters. The molecule has 3 aromatic rings. The number of carboxylic acid groups (broad SMARTS) is 1. The van der Waals surface area contributed by atoms with Crippen LogP contribution in [0.2, 0.25) is 0 Å². The lowest BCUT2D eigenvalue weighted by atomic mass is 9.80. The lowest BCUT2D eigenvalue weighted by molar-refractivity contribution is 0.0695. The summed E-state index contributed by atoms with van der Waals surface area (Å²) in [5.74, 6) is 0.0282. The van der Waals surface area contributed by atoms with Crippen molar-refractivity contribution in [3.63, 3.8) is 0 Å². The third-order valence-corrected chi connectivity index (χ3v) is 7.08. The van der Waals surface area contributed by atoms with Crippen molar-refractivity contribution in [3.8, 4) is 11.5 Å². The Morgan fingerprint density at radius 3 is 2.69 bits per heavy atom. The molecule has 36 heavy (non-hydrogen) atoms. The van der Waals surface area contributed by atoms with Crippen LogP contribution in [-0.4, -0.2) is 37.4 Å². The number of aryl methyl sites for hydroxylation is 1. The van der Waals surface area contributed by atoms with E-state index in [0.29, 0.717) is 5.56 Å². The maximum absolute atomic E-state index is 13.6. The highest BCUT2D eigenvalue weighted by molar-refractivity contribution is 5.91. The van der Waals surface area contributed by atoms with Crippen LogP contribution in [0, 0.1) is 19.7 Å². The average molecular weight is 492 g/mol. The molecule has 0 saturated heterocycles. The second kappa shape index (κ2) is 11.6. The number of fused-ring (bicyclic) bond motifs is 1. The van der Waals surface area contributed by atoms with Crippen LogP contribution in [-0.2, 0) is 6.42 Å². The zero-order valence-electron chi connectivity index (χ0n) is 21.1. The van der Waals surface area contributed by atoms with E-state index in [2.05, 4.69) is 17.4 Å². The van der Waals surface area contributed by atoms with E-state index in [1.54, 1.807) is 12.1 Å². The number of nitrogens with one attached hydrogen (secondary N) is 1. The number of carboxylic acids is 1. The maximum Gasteiger partial charge on any atom is 0.336 e. The molecular weight excluding hydrogens is 457 g/mol. The largest absolute Gasteiger partial charge is 0.494 e. The van der Waals surface area contributed by atoms with E-state index in [1.807, 2.05) is 38.1 Å².